The van der Waals surface area contributed by atoms with E-state index in [4.69, 9.17) is 0 Å². The molecule has 0 saturated heterocycles. The first kappa shape index (κ1) is 11.6. The van der Waals surface area contributed by atoms with Crippen LogP contribution < -0.4 is 0 Å². The van der Waals surface area contributed by atoms with Crippen LogP contribution in [0.4, 0.5) is 0 Å². The molecule has 0 aromatic carbocycles. The third-order valence-electron chi connectivity index (χ3n) is 2.28. The van der Waals surface area contributed by atoms with Crippen molar-refractivity contribution in [2.75, 3.05) is 0 Å². The van der Waals surface area contributed by atoms with Crippen molar-refractivity contribution >= 4 is 22.9 Å². The number of hydrogen-bond donors (Lipinski definition) is 0. The fourth-order valence-electron chi connectivity index (χ4n) is 1.39. The Morgan fingerprint density at radius 2 is 1.94 bits per heavy atom. The molecule has 0 N–H and O–H groups in total. The minimum atomic E-state index is -0.0789. The van der Waals surface area contributed by atoms with Gasteiger partial charge in [0, 0.05) is 18.4 Å². The number of thiophene rings is 1. The van der Waals surface area contributed by atoms with E-state index in [0.717, 1.165) is 0 Å². The molecule has 0 bridgehead atoms. The van der Waals surface area contributed by atoms with Gasteiger partial charge in [-0.15, -0.1) is 11.3 Å². The zero-order chi connectivity index (χ0) is 12.1. The van der Waals surface area contributed by atoms with E-state index in [1.807, 2.05) is 11.4 Å². The lowest BCUT2D eigenvalue weighted by molar-refractivity contribution is 0.0919. The highest BCUT2D eigenvalue weighted by atomic mass is 32.1. The van der Waals surface area contributed by atoms with Crippen LogP contribution in [0, 0.1) is 0 Å². The first-order valence-electron chi connectivity index (χ1n) is 5.14. The van der Waals surface area contributed by atoms with Crippen LogP contribution in [0.15, 0.2) is 36.0 Å². The summed E-state index contributed by atoms with van der Waals surface area (Å²) in [4.78, 5) is 24.1. The van der Waals surface area contributed by atoms with E-state index in [2.05, 4.69) is 10.2 Å². The van der Waals surface area contributed by atoms with Crippen LogP contribution in [-0.4, -0.2) is 21.8 Å². The number of hydrogen-bond acceptors (Lipinski definition) is 5. The molecule has 17 heavy (non-hydrogen) atoms. The van der Waals surface area contributed by atoms with E-state index in [9.17, 15) is 9.59 Å². The molecule has 4 nitrogen and oxygen atoms in total. The van der Waals surface area contributed by atoms with Gasteiger partial charge in [-0.3, -0.25) is 9.59 Å². The van der Waals surface area contributed by atoms with Crippen LogP contribution in [0.3, 0.4) is 0 Å². The largest absolute Gasteiger partial charge is 0.294 e. The zero-order valence-corrected chi connectivity index (χ0v) is 9.81. The summed E-state index contributed by atoms with van der Waals surface area (Å²) in [5.74, 6) is -0.0693. The van der Waals surface area contributed by atoms with Crippen molar-refractivity contribution in [3.8, 4) is 0 Å². The Labute approximate surface area is 102 Å². The van der Waals surface area contributed by atoms with E-state index in [1.165, 1.54) is 23.7 Å². The fraction of sp³-hybridized carbons (Fsp3) is 0.167. The van der Waals surface area contributed by atoms with Crippen molar-refractivity contribution in [2.24, 2.45) is 0 Å². The van der Waals surface area contributed by atoms with Gasteiger partial charge in [-0.1, -0.05) is 6.07 Å². The Balaban J connectivity index is 1.91. The van der Waals surface area contributed by atoms with E-state index in [0.29, 0.717) is 10.4 Å². The first-order chi connectivity index (χ1) is 8.27. The molecule has 2 rings (SSSR count). The fourth-order valence-corrected chi connectivity index (χ4v) is 2.08. The predicted molar refractivity (Wildman–Crippen MR) is 64.2 cm³/mol. The van der Waals surface area contributed by atoms with Gasteiger partial charge in [0.05, 0.1) is 17.3 Å². The minimum Gasteiger partial charge on any atom is -0.294 e. The maximum absolute atomic E-state index is 11.7. The topological polar surface area (TPSA) is 59.9 Å². The predicted octanol–water partition coefficient (Wildman–Crippen LogP) is 2.38. The average molecular weight is 246 g/mol. The van der Waals surface area contributed by atoms with E-state index in [-0.39, 0.29) is 24.4 Å². The summed E-state index contributed by atoms with van der Waals surface area (Å²) in [7, 11) is 0. The summed E-state index contributed by atoms with van der Waals surface area (Å²) >= 11 is 1.40. The maximum atomic E-state index is 11.7. The molecule has 0 aliphatic carbocycles. The van der Waals surface area contributed by atoms with Gasteiger partial charge in [-0.25, -0.2) is 0 Å². The number of nitrogens with zero attached hydrogens (tertiary/aromatic N) is 2. The Bertz CT molecular complexity index is 509. The molecule has 0 unspecified atom stereocenters. The van der Waals surface area contributed by atoms with Crippen molar-refractivity contribution in [1.29, 1.82) is 0 Å². The Morgan fingerprint density at radius 1 is 1.12 bits per heavy atom. The third kappa shape index (κ3) is 3.04. The molecule has 0 atom stereocenters. The van der Waals surface area contributed by atoms with Gasteiger partial charge in [0.2, 0.25) is 0 Å². The molecule has 86 valence electrons. The molecule has 0 spiro atoms. The van der Waals surface area contributed by atoms with Gasteiger partial charge >= 0.3 is 0 Å². The molecule has 2 heterocycles. The molecule has 0 aliphatic heterocycles. The summed E-state index contributed by atoms with van der Waals surface area (Å²) in [5.41, 5.74) is 0.499. The van der Waals surface area contributed by atoms with Crippen LogP contribution in [-0.2, 0) is 0 Å². The Kier molecular flexibility index (Phi) is 3.72. The summed E-state index contributed by atoms with van der Waals surface area (Å²) in [6.07, 6.45) is 3.33. The SMILES string of the molecule is O=C(CCC(=O)c1cccs1)c1ccnnc1. The summed E-state index contributed by atoms with van der Waals surface area (Å²) < 4.78 is 0. The van der Waals surface area contributed by atoms with Crippen LogP contribution in [0.1, 0.15) is 32.9 Å². The van der Waals surface area contributed by atoms with Crippen LogP contribution in [0.2, 0.25) is 0 Å². The van der Waals surface area contributed by atoms with Crippen molar-refractivity contribution in [2.45, 2.75) is 12.8 Å². The van der Waals surface area contributed by atoms with Crippen LogP contribution >= 0.6 is 11.3 Å². The first-order valence-corrected chi connectivity index (χ1v) is 6.02. The van der Waals surface area contributed by atoms with Crippen molar-refractivity contribution in [1.82, 2.24) is 10.2 Å². The average Bonchev–Trinajstić information content (AvgIpc) is 2.90. The number of ketones is 2. The number of carbonyl (C=O) groups is 2. The number of Topliss-reactive ketones (excluding diaryl/α,β-unsaturated/α-hetero) is 2. The Morgan fingerprint density at radius 3 is 2.59 bits per heavy atom. The molecule has 0 aliphatic rings. The molecule has 0 fully saturated rings. The lowest BCUT2D eigenvalue weighted by atomic mass is 10.1. The van der Waals surface area contributed by atoms with Gasteiger partial charge in [-0.2, -0.15) is 10.2 Å². The van der Waals surface area contributed by atoms with Gasteiger partial charge in [-0.05, 0) is 17.5 Å². The molecular formula is C12H10N2O2S. The van der Waals surface area contributed by atoms with E-state index < -0.39 is 0 Å². The van der Waals surface area contributed by atoms with Gasteiger partial charge < -0.3 is 0 Å². The maximum Gasteiger partial charge on any atom is 0.173 e. The lowest BCUT2D eigenvalue weighted by Crippen LogP contribution is -2.04. The second kappa shape index (κ2) is 5.45. The lowest BCUT2D eigenvalue weighted by Gasteiger charge is -1.98. The monoisotopic (exact) mass is 246 g/mol. The zero-order valence-electron chi connectivity index (χ0n) is 9.00. The van der Waals surface area contributed by atoms with Crippen LogP contribution in [0.5, 0.6) is 0 Å². The summed E-state index contributed by atoms with van der Waals surface area (Å²) in [5, 5.41) is 9.07. The van der Waals surface area contributed by atoms with Gasteiger partial charge in [0.15, 0.2) is 11.6 Å². The second-order valence-electron chi connectivity index (χ2n) is 3.45. The number of aromatic nitrogens is 2. The highest BCUT2D eigenvalue weighted by Gasteiger charge is 2.11. The Hall–Kier alpha value is -1.88. The molecule has 2 aromatic heterocycles. The van der Waals surface area contributed by atoms with Crippen molar-refractivity contribution in [3.63, 3.8) is 0 Å². The summed E-state index contributed by atoms with van der Waals surface area (Å²) in [6, 6.07) is 5.20. The smallest absolute Gasteiger partial charge is 0.173 e. The molecule has 0 radical (unpaired) electrons. The molecule has 5 heteroatoms. The highest BCUT2D eigenvalue weighted by molar-refractivity contribution is 7.12. The highest BCUT2D eigenvalue weighted by Crippen LogP contribution is 2.13. The summed E-state index contributed by atoms with van der Waals surface area (Å²) in [6.45, 7) is 0. The van der Waals surface area contributed by atoms with Crippen LogP contribution in [0.25, 0.3) is 0 Å². The molecule has 0 amide bonds. The van der Waals surface area contributed by atoms with Crippen molar-refractivity contribution < 1.29 is 9.59 Å². The molecule has 0 saturated carbocycles. The van der Waals surface area contributed by atoms with Gasteiger partial charge in [0.1, 0.15) is 0 Å². The third-order valence-corrected chi connectivity index (χ3v) is 3.19. The quantitative estimate of drug-likeness (QED) is 0.760. The molecule has 2 aromatic rings. The molecular weight excluding hydrogens is 236 g/mol. The van der Waals surface area contributed by atoms with E-state index in [1.54, 1.807) is 12.1 Å². The number of rotatable bonds is 5. The second-order valence-corrected chi connectivity index (χ2v) is 4.40. The number of carbonyl (C=O) groups excluding carboxylic acids is 2. The normalized spacial score (nSPS) is 10.1. The van der Waals surface area contributed by atoms with E-state index >= 15 is 0 Å². The van der Waals surface area contributed by atoms with Crippen molar-refractivity contribution in [3.05, 3.63) is 46.4 Å². The standard InChI is InChI=1S/C12H10N2O2S/c15-10(9-5-6-13-14-8-9)3-4-11(16)12-2-1-7-17-12/h1-2,5-8H,3-4H2. The minimum absolute atomic E-state index is 0.00960. The van der Waals surface area contributed by atoms with Gasteiger partial charge in [0.25, 0.3) is 0 Å².